The number of benzene rings is 1. The van der Waals surface area contributed by atoms with Crippen molar-refractivity contribution in [3.8, 4) is 11.6 Å². The molecule has 16 heavy (non-hydrogen) atoms. The number of halogens is 3. The molecule has 82 valence electrons. The third kappa shape index (κ3) is 2.97. The van der Waals surface area contributed by atoms with Crippen LogP contribution in [0.25, 0.3) is 0 Å². The van der Waals surface area contributed by atoms with Crippen LogP contribution in [0.3, 0.4) is 0 Å². The SMILES string of the molecule is Clc1cnc(Oc2ccc(Br)cc2)c(Br)c1. The lowest BCUT2D eigenvalue weighted by atomic mass is 10.3. The Morgan fingerprint density at radius 3 is 2.44 bits per heavy atom. The monoisotopic (exact) mass is 361 g/mol. The van der Waals surface area contributed by atoms with Gasteiger partial charge in [-0.1, -0.05) is 27.5 Å². The minimum absolute atomic E-state index is 0.492. The number of aromatic nitrogens is 1. The molecule has 1 heterocycles. The van der Waals surface area contributed by atoms with Gasteiger partial charge in [0.05, 0.1) is 9.50 Å². The summed E-state index contributed by atoms with van der Waals surface area (Å²) in [5.41, 5.74) is 0. The Hall–Kier alpha value is -0.580. The second kappa shape index (κ2) is 5.17. The molecule has 0 N–H and O–H groups in total. The number of hydrogen-bond acceptors (Lipinski definition) is 2. The molecular formula is C11H6Br2ClNO. The molecule has 2 aromatic rings. The normalized spacial score (nSPS) is 10.2. The smallest absolute Gasteiger partial charge is 0.233 e. The highest BCUT2D eigenvalue weighted by atomic mass is 79.9. The van der Waals surface area contributed by atoms with Crippen LogP contribution < -0.4 is 4.74 Å². The summed E-state index contributed by atoms with van der Waals surface area (Å²) in [5, 5.41) is 0.565. The molecule has 1 aromatic carbocycles. The van der Waals surface area contributed by atoms with Crippen molar-refractivity contribution in [3.63, 3.8) is 0 Å². The second-order valence-electron chi connectivity index (χ2n) is 3.00. The molecular weight excluding hydrogens is 357 g/mol. The highest BCUT2D eigenvalue weighted by Crippen LogP contribution is 2.29. The molecule has 2 rings (SSSR count). The van der Waals surface area contributed by atoms with Crippen molar-refractivity contribution in [2.45, 2.75) is 0 Å². The van der Waals surface area contributed by atoms with Crippen LogP contribution in [0.2, 0.25) is 5.02 Å². The summed E-state index contributed by atoms with van der Waals surface area (Å²) < 4.78 is 7.31. The van der Waals surface area contributed by atoms with Gasteiger partial charge in [-0.25, -0.2) is 4.98 Å². The van der Waals surface area contributed by atoms with Crippen LogP contribution in [0, 0.1) is 0 Å². The molecule has 0 bridgehead atoms. The third-order valence-electron chi connectivity index (χ3n) is 1.80. The Kier molecular flexibility index (Phi) is 3.84. The predicted octanol–water partition coefficient (Wildman–Crippen LogP) is 5.05. The van der Waals surface area contributed by atoms with Crippen LogP contribution in [-0.2, 0) is 0 Å². The van der Waals surface area contributed by atoms with E-state index in [0.717, 1.165) is 14.7 Å². The third-order valence-corrected chi connectivity index (χ3v) is 3.11. The van der Waals surface area contributed by atoms with Gasteiger partial charge in [0.25, 0.3) is 0 Å². The first kappa shape index (κ1) is 11.9. The van der Waals surface area contributed by atoms with E-state index in [1.54, 1.807) is 12.3 Å². The van der Waals surface area contributed by atoms with Gasteiger partial charge >= 0.3 is 0 Å². The lowest BCUT2D eigenvalue weighted by Crippen LogP contribution is -1.88. The minimum Gasteiger partial charge on any atom is -0.438 e. The van der Waals surface area contributed by atoms with Crippen molar-refractivity contribution in [3.05, 3.63) is 50.5 Å². The first-order valence-corrected chi connectivity index (χ1v) is 6.36. The van der Waals surface area contributed by atoms with Crippen LogP contribution in [0.15, 0.2) is 45.5 Å². The Balaban J connectivity index is 2.23. The van der Waals surface area contributed by atoms with E-state index < -0.39 is 0 Å². The van der Waals surface area contributed by atoms with E-state index in [-0.39, 0.29) is 0 Å². The molecule has 0 radical (unpaired) electrons. The molecule has 0 aliphatic carbocycles. The number of ether oxygens (including phenoxy) is 1. The van der Waals surface area contributed by atoms with Gasteiger partial charge < -0.3 is 4.74 Å². The summed E-state index contributed by atoms with van der Waals surface area (Å²) in [4.78, 5) is 4.08. The topological polar surface area (TPSA) is 22.1 Å². The summed E-state index contributed by atoms with van der Waals surface area (Å²) in [6, 6.07) is 9.25. The molecule has 0 spiro atoms. The first-order chi connectivity index (χ1) is 7.65. The van der Waals surface area contributed by atoms with E-state index in [0.29, 0.717) is 10.9 Å². The molecule has 0 saturated carbocycles. The molecule has 0 amide bonds. The van der Waals surface area contributed by atoms with E-state index >= 15 is 0 Å². The fourth-order valence-electron chi connectivity index (χ4n) is 1.09. The number of pyridine rings is 1. The van der Waals surface area contributed by atoms with Crippen LogP contribution in [0.5, 0.6) is 11.6 Å². The molecule has 2 nitrogen and oxygen atoms in total. The van der Waals surface area contributed by atoms with Gasteiger partial charge in [0.2, 0.25) is 5.88 Å². The molecule has 1 aromatic heterocycles. The standard InChI is InChI=1S/C11H6Br2ClNO/c12-7-1-3-9(4-2-7)16-11-10(13)5-8(14)6-15-11/h1-6H. The Bertz CT molecular complexity index is 502. The van der Waals surface area contributed by atoms with Crippen LogP contribution in [0.4, 0.5) is 0 Å². The number of rotatable bonds is 2. The average Bonchev–Trinajstić information content (AvgIpc) is 2.25. The van der Waals surface area contributed by atoms with Gasteiger partial charge in [-0.05, 0) is 46.3 Å². The zero-order chi connectivity index (χ0) is 11.5. The average molecular weight is 363 g/mol. The van der Waals surface area contributed by atoms with Gasteiger partial charge in [-0.3, -0.25) is 0 Å². The highest BCUT2D eigenvalue weighted by molar-refractivity contribution is 9.10. The summed E-state index contributed by atoms with van der Waals surface area (Å²) in [5.74, 6) is 1.21. The Labute approximate surface area is 115 Å². The van der Waals surface area contributed by atoms with E-state index in [1.165, 1.54) is 0 Å². The zero-order valence-electron chi connectivity index (χ0n) is 7.95. The van der Waals surface area contributed by atoms with Gasteiger partial charge in [-0.2, -0.15) is 0 Å². The maximum Gasteiger partial charge on any atom is 0.233 e. The number of nitrogens with zero attached hydrogens (tertiary/aromatic N) is 1. The molecule has 0 fully saturated rings. The van der Waals surface area contributed by atoms with Crippen molar-refractivity contribution in [2.24, 2.45) is 0 Å². The van der Waals surface area contributed by atoms with Gasteiger partial charge in [0, 0.05) is 10.7 Å². The summed E-state index contributed by atoms with van der Waals surface area (Å²) in [6.45, 7) is 0. The van der Waals surface area contributed by atoms with Crippen LogP contribution >= 0.6 is 43.5 Å². The zero-order valence-corrected chi connectivity index (χ0v) is 11.9. The maximum atomic E-state index is 5.79. The van der Waals surface area contributed by atoms with E-state index in [4.69, 9.17) is 16.3 Å². The van der Waals surface area contributed by atoms with Crippen molar-refractivity contribution in [1.29, 1.82) is 0 Å². The van der Waals surface area contributed by atoms with Crippen LogP contribution in [0.1, 0.15) is 0 Å². The fourth-order valence-corrected chi connectivity index (χ4v) is 2.08. The molecule has 0 saturated heterocycles. The van der Waals surface area contributed by atoms with E-state index in [2.05, 4.69) is 36.8 Å². The quantitative estimate of drug-likeness (QED) is 0.745. The predicted molar refractivity (Wildman–Crippen MR) is 71.2 cm³/mol. The Morgan fingerprint density at radius 1 is 1.12 bits per heavy atom. The molecule has 0 atom stereocenters. The van der Waals surface area contributed by atoms with Crippen molar-refractivity contribution in [2.75, 3.05) is 0 Å². The highest BCUT2D eigenvalue weighted by Gasteiger charge is 2.04. The number of hydrogen-bond donors (Lipinski definition) is 0. The molecule has 0 aliphatic rings. The lowest BCUT2D eigenvalue weighted by Gasteiger charge is -2.06. The van der Waals surface area contributed by atoms with Crippen molar-refractivity contribution in [1.82, 2.24) is 4.98 Å². The van der Waals surface area contributed by atoms with Crippen LogP contribution in [-0.4, -0.2) is 4.98 Å². The first-order valence-electron chi connectivity index (χ1n) is 4.39. The minimum atomic E-state index is 0.492. The van der Waals surface area contributed by atoms with E-state index in [1.807, 2.05) is 24.3 Å². The lowest BCUT2D eigenvalue weighted by molar-refractivity contribution is 0.459. The molecule has 5 heteroatoms. The maximum absolute atomic E-state index is 5.79. The largest absolute Gasteiger partial charge is 0.438 e. The van der Waals surface area contributed by atoms with Crippen molar-refractivity contribution < 1.29 is 4.74 Å². The van der Waals surface area contributed by atoms with Gasteiger partial charge in [-0.15, -0.1) is 0 Å². The molecule has 0 unspecified atom stereocenters. The fraction of sp³-hybridized carbons (Fsp3) is 0. The second-order valence-corrected chi connectivity index (χ2v) is 5.20. The Morgan fingerprint density at radius 2 is 1.81 bits per heavy atom. The van der Waals surface area contributed by atoms with E-state index in [9.17, 15) is 0 Å². The van der Waals surface area contributed by atoms with Gasteiger partial charge in [0.1, 0.15) is 5.75 Å². The van der Waals surface area contributed by atoms with Gasteiger partial charge in [0.15, 0.2) is 0 Å². The summed E-state index contributed by atoms with van der Waals surface area (Å²) in [6.07, 6.45) is 1.54. The van der Waals surface area contributed by atoms with Crippen molar-refractivity contribution >= 4 is 43.5 Å². The summed E-state index contributed by atoms with van der Waals surface area (Å²) in [7, 11) is 0. The summed E-state index contributed by atoms with van der Waals surface area (Å²) >= 11 is 12.5. The molecule has 0 aliphatic heterocycles.